The van der Waals surface area contributed by atoms with E-state index in [-0.39, 0.29) is 0 Å². The summed E-state index contributed by atoms with van der Waals surface area (Å²) in [7, 11) is 0. The van der Waals surface area contributed by atoms with Crippen molar-refractivity contribution in [2.24, 2.45) is 11.7 Å². The summed E-state index contributed by atoms with van der Waals surface area (Å²) < 4.78 is 7.34. The van der Waals surface area contributed by atoms with Gasteiger partial charge in [-0.2, -0.15) is 5.10 Å². The van der Waals surface area contributed by atoms with Gasteiger partial charge in [-0.15, -0.1) is 0 Å². The van der Waals surface area contributed by atoms with Crippen molar-refractivity contribution in [1.82, 2.24) is 9.78 Å². The number of hydrogen-bond donors (Lipinski definition) is 1. The molecule has 2 heterocycles. The van der Waals surface area contributed by atoms with Crippen molar-refractivity contribution in [2.45, 2.75) is 25.9 Å². The lowest BCUT2D eigenvalue weighted by Gasteiger charge is -2.22. The van der Waals surface area contributed by atoms with Crippen LogP contribution in [0.15, 0.2) is 12.3 Å². The fraction of sp³-hybridized carbons (Fsp3) is 0.700. The standard InChI is InChI=1S/C10H17N3O/c11-7-10-1-4-12-13(10)8-9-2-5-14-6-3-9/h1,4,9H,2-3,5-8,11H2. The van der Waals surface area contributed by atoms with Gasteiger partial charge in [0.1, 0.15) is 0 Å². The van der Waals surface area contributed by atoms with Crippen LogP contribution in [0.4, 0.5) is 0 Å². The van der Waals surface area contributed by atoms with Crippen LogP contribution < -0.4 is 5.73 Å². The van der Waals surface area contributed by atoms with Gasteiger partial charge in [-0.25, -0.2) is 0 Å². The highest BCUT2D eigenvalue weighted by molar-refractivity contribution is 4.99. The van der Waals surface area contributed by atoms with Crippen LogP contribution in [0.3, 0.4) is 0 Å². The van der Waals surface area contributed by atoms with Gasteiger partial charge < -0.3 is 10.5 Å². The molecule has 0 unspecified atom stereocenters. The maximum Gasteiger partial charge on any atom is 0.0519 e. The Morgan fingerprint density at radius 1 is 1.50 bits per heavy atom. The Balaban J connectivity index is 1.95. The van der Waals surface area contributed by atoms with Crippen LogP contribution in [0, 0.1) is 5.92 Å². The van der Waals surface area contributed by atoms with Crippen LogP contribution in [-0.2, 0) is 17.8 Å². The Bertz CT molecular complexity index is 279. The zero-order valence-electron chi connectivity index (χ0n) is 8.35. The molecule has 0 bridgehead atoms. The Kier molecular flexibility index (Phi) is 3.16. The summed E-state index contributed by atoms with van der Waals surface area (Å²) in [6.45, 7) is 3.35. The summed E-state index contributed by atoms with van der Waals surface area (Å²) in [4.78, 5) is 0. The van der Waals surface area contributed by atoms with E-state index in [1.54, 1.807) is 0 Å². The predicted molar refractivity (Wildman–Crippen MR) is 53.7 cm³/mol. The lowest BCUT2D eigenvalue weighted by atomic mass is 10.0. The highest BCUT2D eigenvalue weighted by Gasteiger charge is 2.15. The Morgan fingerprint density at radius 2 is 2.29 bits per heavy atom. The lowest BCUT2D eigenvalue weighted by molar-refractivity contribution is 0.0599. The zero-order chi connectivity index (χ0) is 9.80. The molecule has 0 aliphatic carbocycles. The fourth-order valence-electron chi connectivity index (χ4n) is 1.87. The first-order valence-electron chi connectivity index (χ1n) is 5.18. The second kappa shape index (κ2) is 4.57. The van der Waals surface area contributed by atoms with Crippen LogP contribution in [0.25, 0.3) is 0 Å². The third-order valence-corrected chi connectivity index (χ3v) is 2.79. The van der Waals surface area contributed by atoms with Gasteiger partial charge in [-0.3, -0.25) is 4.68 Å². The molecule has 1 aliphatic heterocycles. The lowest BCUT2D eigenvalue weighted by Crippen LogP contribution is -2.22. The molecule has 1 saturated heterocycles. The van der Waals surface area contributed by atoms with Crippen LogP contribution >= 0.6 is 0 Å². The third kappa shape index (κ3) is 2.13. The number of aromatic nitrogens is 2. The van der Waals surface area contributed by atoms with Crippen LogP contribution in [0.2, 0.25) is 0 Å². The van der Waals surface area contributed by atoms with E-state index in [0.29, 0.717) is 12.5 Å². The minimum absolute atomic E-state index is 0.573. The summed E-state index contributed by atoms with van der Waals surface area (Å²) in [5.74, 6) is 0.703. The van der Waals surface area contributed by atoms with E-state index in [0.717, 1.165) is 38.3 Å². The largest absolute Gasteiger partial charge is 0.381 e. The predicted octanol–water partition coefficient (Wildman–Crippen LogP) is 0.768. The molecule has 0 atom stereocenters. The van der Waals surface area contributed by atoms with Crippen LogP contribution in [0.1, 0.15) is 18.5 Å². The van der Waals surface area contributed by atoms with E-state index < -0.39 is 0 Å². The van der Waals surface area contributed by atoms with Gasteiger partial charge in [0.15, 0.2) is 0 Å². The monoisotopic (exact) mass is 195 g/mol. The highest BCUT2D eigenvalue weighted by atomic mass is 16.5. The highest BCUT2D eigenvalue weighted by Crippen LogP contribution is 2.17. The van der Waals surface area contributed by atoms with Crippen molar-refractivity contribution in [1.29, 1.82) is 0 Å². The van der Waals surface area contributed by atoms with E-state index in [4.69, 9.17) is 10.5 Å². The Morgan fingerprint density at radius 3 is 3.00 bits per heavy atom. The molecule has 14 heavy (non-hydrogen) atoms. The molecule has 4 nitrogen and oxygen atoms in total. The van der Waals surface area contributed by atoms with E-state index in [2.05, 4.69) is 5.10 Å². The SMILES string of the molecule is NCc1ccnn1CC1CCOCC1. The maximum atomic E-state index is 5.61. The molecule has 4 heteroatoms. The minimum Gasteiger partial charge on any atom is -0.381 e. The fourth-order valence-corrected chi connectivity index (χ4v) is 1.87. The molecule has 0 amide bonds. The molecule has 0 aromatic carbocycles. The molecule has 1 aromatic heterocycles. The molecule has 0 radical (unpaired) electrons. The topological polar surface area (TPSA) is 53.1 Å². The van der Waals surface area contributed by atoms with Crippen molar-refractivity contribution in [3.63, 3.8) is 0 Å². The first-order chi connectivity index (χ1) is 6.90. The molecule has 78 valence electrons. The van der Waals surface area contributed by atoms with Crippen molar-refractivity contribution in [3.8, 4) is 0 Å². The normalized spacial score (nSPS) is 18.6. The number of nitrogens with zero attached hydrogens (tertiary/aromatic N) is 2. The summed E-state index contributed by atoms with van der Waals surface area (Å²) >= 11 is 0. The molecule has 1 fully saturated rings. The van der Waals surface area contributed by atoms with Crippen LogP contribution in [0.5, 0.6) is 0 Å². The minimum atomic E-state index is 0.573. The first kappa shape index (κ1) is 9.68. The van der Waals surface area contributed by atoms with Crippen molar-refractivity contribution >= 4 is 0 Å². The van der Waals surface area contributed by atoms with Gasteiger partial charge in [0, 0.05) is 32.5 Å². The van der Waals surface area contributed by atoms with Crippen molar-refractivity contribution in [3.05, 3.63) is 18.0 Å². The van der Waals surface area contributed by atoms with Gasteiger partial charge in [0.05, 0.1) is 5.69 Å². The molecule has 2 rings (SSSR count). The summed E-state index contributed by atoms with van der Waals surface area (Å²) in [6, 6.07) is 1.99. The van der Waals surface area contributed by atoms with E-state index in [9.17, 15) is 0 Å². The summed E-state index contributed by atoms with van der Waals surface area (Å²) in [6.07, 6.45) is 4.11. The van der Waals surface area contributed by atoms with E-state index in [1.807, 2.05) is 16.9 Å². The molecular weight excluding hydrogens is 178 g/mol. The van der Waals surface area contributed by atoms with Gasteiger partial charge in [0.2, 0.25) is 0 Å². The molecule has 1 aliphatic rings. The molecule has 0 saturated carbocycles. The maximum absolute atomic E-state index is 5.61. The van der Waals surface area contributed by atoms with Gasteiger partial charge >= 0.3 is 0 Å². The average Bonchev–Trinajstić information content (AvgIpc) is 2.67. The van der Waals surface area contributed by atoms with Crippen molar-refractivity contribution in [2.75, 3.05) is 13.2 Å². The average molecular weight is 195 g/mol. The second-order valence-corrected chi connectivity index (χ2v) is 3.76. The molecule has 2 N–H and O–H groups in total. The van der Waals surface area contributed by atoms with Crippen molar-refractivity contribution < 1.29 is 4.74 Å². The van der Waals surface area contributed by atoms with E-state index in [1.165, 1.54) is 0 Å². The quantitative estimate of drug-likeness (QED) is 0.775. The van der Waals surface area contributed by atoms with Crippen LogP contribution in [-0.4, -0.2) is 23.0 Å². The summed E-state index contributed by atoms with van der Waals surface area (Å²) in [5.41, 5.74) is 6.74. The van der Waals surface area contributed by atoms with E-state index >= 15 is 0 Å². The molecular formula is C10H17N3O. The smallest absolute Gasteiger partial charge is 0.0519 e. The Hall–Kier alpha value is -0.870. The number of rotatable bonds is 3. The molecule has 1 aromatic rings. The van der Waals surface area contributed by atoms with Gasteiger partial charge in [0.25, 0.3) is 0 Å². The summed E-state index contributed by atoms with van der Waals surface area (Å²) in [5, 5.41) is 4.28. The first-order valence-corrected chi connectivity index (χ1v) is 5.18. The third-order valence-electron chi connectivity index (χ3n) is 2.79. The van der Waals surface area contributed by atoms with Gasteiger partial charge in [-0.05, 0) is 24.8 Å². The number of nitrogens with two attached hydrogens (primary N) is 1. The van der Waals surface area contributed by atoms with Gasteiger partial charge in [-0.1, -0.05) is 0 Å². The second-order valence-electron chi connectivity index (χ2n) is 3.76. The molecule has 0 spiro atoms. The number of ether oxygens (including phenoxy) is 1. The number of hydrogen-bond acceptors (Lipinski definition) is 3. The Labute approximate surface area is 84.0 Å². The zero-order valence-corrected chi connectivity index (χ0v) is 8.35.